The monoisotopic (exact) mass is 859 g/mol. The van der Waals surface area contributed by atoms with Crippen LogP contribution in [-0.2, 0) is 66.0 Å². The highest BCUT2D eigenvalue weighted by atomic mass is 16.3. The fraction of sp³-hybridized carbons (Fsp3) is 0.464. The number of phenolic OH excluding ortho intramolecular Hbond substituents is 3. The zero-order valence-corrected chi connectivity index (χ0v) is 40.6. The van der Waals surface area contributed by atoms with Crippen molar-refractivity contribution in [1.82, 2.24) is 0 Å². The Balaban J connectivity index is 1.66. The van der Waals surface area contributed by atoms with Gasteiger partial charge in [0.25, 0.3) is 0 Å². The average Bonchev–Trinajstić information content (AvgIpc) is 3.15. The van der Waals surface area contributed by atoms with Gasteiger partial charge in [-0.1, -0.05) is 152 Å². The molecular formula is C56H74O7. The number of benzene rings is 5. The van der Waals surface area contributed by atoms with Gasteiger partial charge in [0.1, 0.15) is 28.7 Å². The van der Waals surface area contributed by atoms with E-state index in [1.54, 1.807) is 0 Å². The largest absolute Gasteiger partial charge is 0.507 e. The SMILES string of the molecule is CC(C)(C)c1cc(CO)c(O)c(Cc2cc(C(C)(C)C)cc(Cc3cc(C(C)(C)C)cc(Cc4cc(C(C)(C)C)cc(Cc5cc(C(C)(C)C)cc(CO)c5O)c4O)c3O)c2O)c1. The maximum Gasteiger partial charge on any atom is 0.124 e. The lowest BCUT2D eigenvalue weighted by Gasteiger charge is -2.26. The maximum atomic E-state index is 12.3. The van der Waals surface area contributed by atoms with Gasteiger partial charge in [-0.05, 0) is 112 Å². The zero-order valence-electron chi connectivity index (χ0n) is 40.6. The Bertz CT molecular complexity index is 2330. The Labute approximate surface area is 377 Å². The second-order valence-corrected chi connectivity index (χ2v) is 23.0. The van der Waals surface area contributed by atoms with E-state index in [-0.39, 0.29) is 94.7 Å². The molecule has 0 bridgehead atoms. The Morgan fingerprint density at radius 2 is 0.381 bits per heavy atom. The Morgan fingerprint density at radius 1 is 0.254 bits per heavy atom. The van der Waals surface area contributed by atoms with Gasteiger partial charge in [0.05, 0.1) is 13.2 Å². The van der Waals surface area contributed by atoms with Gasteiger partial charge in [-0.3, -0.25) is 0 Å². The molecule has 0 amide bonds. The molecule has 0 aromatic heterocycles. The van der Waals surface area contributed by atoms with Crippen molar-refractivity contribution in [3.05, 3.63) is 144 Å². The van der Waals surface area contributed by atoms with Crippen molar-refractivity contribution in [3.63, 3.8) is 0 Å². The molecule has 0 saturated carbocycles. The molecular weight excluding hydrogens is 785 g/mol. The third-order valence-electron chi connectivity index (χ3n) is 12.5. The van der Waals surface area contributed by atoms with Crippen molar-refractivity contribution in [2.45, 2.75) is 170 Å². The van der Waals surface area contributed by atoms with E-state index < -0.39 is 0 Å². The molecule has 63 heavy (non-hydrogen) atoms. The van der Waals surface area contributed by atoms with Crippen LogP contribution in [0.4, 0.5) is 0 Å². The number of hydrogen-bond acceptors (Lipinski definition) is 7. The van der Waals surface area contributed by atoms with E-state index in [1.165, 1.54) is 0 Å². The van der Waals surface area contributed by atoms with Crippen LogP contribution in [-0.4, -0.2) is 35.7 Å². The van der Waals surface area contributed by atoms with E-state index in [1.807, 2.05) is 60.7 Å². The summed E-state index contributed by atoms with van der Waals surface area (Å²) in [5.74, 6) is 0.275. The highest BCUT2D eigenvalue weighted by Gasteiger charge is 2.27. The van der Waals surface area contributed by atoms with Crippen LogP contribution in [0.15, 0.2) is 60.7 Å². The standard InChI is InChI=1S/C56H74O7/c1-52(2,3)42-20-32(16-34-22-43(53(4,5)6)24-36(48(34)60)18-38-26-45(55(10,11)12)28-40(30-57)50(38)62)47(59)33(21-42)17-35-23-44(54(7,8)9)25-37(49(35)61)19-39-27-46(56(13,14)15)29-41(31-58)51(39)63/h20-29,57-63H,16-19,30-31H2,1-15H3. The molecule has 0 saturated heterocycles. The molecule has 0 aliphatic carbocycles. The summed E-state index contributed by atoms with van der Waals surface area (Å²) in [5, 5.41) is 79.4. The first kappa shape index (κ1) is 49.0. The smallest absolute Gasteiger partial charge is 0.124 e. The minimum Gasteiger partial charge on any atom is -0.507 e. The first-order valence-corrected chi connectivity index (χ1v) is 22.3. The second-order valence-electron chi connectivity index (χ2n) is 23.0. The number of aliphatic hydroxyl groups excluding tert-OH is 2. The van der Waals surface area contributed by atoms with E-state index in [9.17, 15) is 35.7 Å². The molecule has 0 fully saturated rings. The van der Waals surface area contributed by atoms with Crippen molar-refractivity contribution in [1.29, 1.82) is 0 Å². The third kappa shape index (κ3) is 11.0. The van der Waals surface area contributed by atoms with Crippen LogP contribution in [0.3, 0.4) is 0 Å². The topological polar surface area (TPSA) is 142 Å². The highest BCUT2D eigenvalue weighted by Crippen LogP contribution is 2.42. The summed E-state index contributed by atoms with van der Waals surface area (Å²) in [6.45, 7) is 30.9. The van der Waals surface area contributed by atoms with Crippen LogP contribution >= 0.6 is 0 Å². The Kier molecular flexibility index (Phi) is 13.6. The van der Waals surface area contributed by atoms with Crippen LogP contribution < -0.4 is 0 Å². The molecule has 5 aromatic carbocycles. The zero-order chi connectivity index (χ0) is 47.4. The van der Waals surface area contributed by atoms with Crippen molar-refractivity contribution in [3.8, 4) is 28.7 Å². The summed E-state index contributed by atoms with van der Waals surface area (Å²) in [5.41, 5.74) is 9.47. The van der Waals surface area contributed by atoms with E-state index in [0.717, 1.165) is 27.8 Å². The molecule has 7 N–H and O–H groups in total. The molecule has 0 aliphatic rings. The van der Waals surface area contributed by atoms with Crippen LogP contribution in [0, 0.1) is 0 Å². The maximum absolute atomic E-state index is 12.3. The number of rotatable bonds is 10. The van der Waals surface area contributed by atoms with E-state index in [4.69, 9.17) is 0 Å². The fourth-order valence-corrected chi connectivity index (χ4v) is 8.11. The van der Waals surface area contributed by atoms with Crippen LogP contribution in [0.5, 0.6) is 28.7 Å². The van der Waals surface area contributed by atoms with Crippen molar-refractivity contribution < 1.29 is 35.7 Å². The van der Waals surface area contributed by atoms with Crippen LogP contribution in [0.2, 0.25) is 0 Å². The first-order chi connectivity index (χ1) is 28.8. The lowest BCUT2D eigenvalue weighted by atomic mass is 9.80. The lowest BCUT2D eigenvalue weighted by molar-refractivity contribution is 0.274. The van der Waals surface area contributed by atoms with Crippen LogP contribution in [0.1, 0.15) is 187 Å². The summed E-state index contributed by atoms with van der Waals surface area (Å²) >= 11 is 0. The van der Waals surface area contributed by atoms with Gasteiger partial charge in [-0.2, -0.15) is 0 Å². The van der Waals surface area contributed by atoms with E-state index in [2.05, 4.69) is 104 Å². The molecule has 0 radical (unpaired) electrons. The van der Waals surface area contributed by atoms with Gasteiger partial charge in [-0.25, -0.2) is 0 Å². The quantitative estimate of drug-likeness (QED) is 0.0741. The van der Waals surface area contributed by atoms with E-state index >= 15 is 0 Å². The Hall–Kier alpha value is -4.98. The average molecular weight is 859 g/mol. The van der Waals surface area contributed by atoms with Gasteiger partial charge in [-0.15, -0.1) is 0 Å². The molecule has 0 unspecified atom stereocenters. The number of aromatic hydroxyl groups is 5. The van der Waals surface area contributed by atoms with Gasteiger partial charge < -0.3 is 35.7 Å². The normalized spacial score (nSPS) is 12.9. The summed E-state index contributed by atoms with van der Waals surface area (Å²) in [6, 6.07) is 19.6. The van der Waals surface area contributed by atoms with Crippen molar-refractivity contribution in [2.75, 3.05) is 0 Å². The van der Waals surface area contributed by atoms with Gasteiger partial charge in [0.15, 0.2) is 0 Å². The predicted molar refractivity (Wildman–Crippen MR) is 257 cm³/mol. The first-order valence-electron chi connectivity index (χ1n) is 22.3. The van der Waals surface area contributed by atoms with Crippen molar-refractivity contribution >= 4 is 0 Å². The summed E-state index contributed by atoms with van der Waals surface area (Å²) in [4.78, 5) is 0. The van der Waals surface area contributed by atoms with Gasteiger partial charge in [0.2, 0.25) is 0 Å². The molecule has 7 heteroatoms. The predicted octanol–water partition coefficient (Wildman–Crippen LogP) is 12.0. The van der Waals surface area contributed by atoms with Crippen molar-refractivity contribution in [2.24, 2.45) is 0 Å². The highest BCUT2D eigenvalue weighted by molar-refractivity contribution is 5.58. The molecule has 5 rings (SSSR count). The third-order valence-corrected chi connectivity index (χ3v) is 12.5. The summed E-state index contributed by atoms with van der Waals surface area (Å²) < 4.78 is 0. The van der Waals surface area contributed by atoms with Gasteiger partial charge >= 0.3 is 0 Å². The summed E-state index contributed by atoms with van der Waals surface area (Å²) in [6.07, 6.45) is 0.903. The number of aliphatic hydroxyl groups is 2. The second kappa shape index (κ2) is 17.5. The van der Waals surface area contributed by atoms with Crippen LogP contribution in [0.25, 0.3) is 0 Å². The molecule has 0 aliphatic heterocycles. The summed E-state index contributed by atoms with van der Waals surface area (Å²) in [7, 11) is 0. The fourth-order valence-electron chi connectivity index (χ4n) is 8.11. The Morgan fingerprint density at radius 3 is 0.508 bits per heavy atom. The number of hydrogen-bond donors (Lipinski definition) is 7. The molecule has 0 spiro atoms. The molecule has 7 nitrogen and oxygen atoms in total. The minimum absolute atomic E-state index is 0.0138. The molecule has 5 aromatic rings. The van der Waals surface area contributed by atoms with E-state index in [0.29, 0.717) is 55.6 Å². The molecule has 0 atom stereocenters. The molecule has 340 valence electrons. The lowest BCUT2D eigenvalue weighted by Crippen LogP contribution is -2.15. The molecule has 0 heterocycles. The number of phenols is 5. The minimum atomic E-state index is -0.312. The van der Waals surface area contributed by atoms with Gasteiger partial charge in [0, 0.05) is 36.8 Å².